The van der Waals surface area contributed by atoms with Crippen molar-refractivity contribution in [3.63, 3.8) is 0 Å². The van der Waals surface area contributed by atoms with Gasteiger partial charge in [-0.25, -0.2) is 13.8 Å². The molecule has 3 N–H and O–H groups in total. The first-order chi connectivity index (χ1) is 17.8. The van der Waals surface area contributed by atoms with Gasteiger partial charge in [-0.1, -0.05) is 35.1 Å². The lowest BCUT2D eigenvalue weighted by molar-refractivity contribution is -0.0367. The third-order valence-corrected chi connectivity index (χ3v) is 11.3. The molecule has 3 aliphatic heterocycles. The van der Waals surface area contributed by atoms with Crippen molar-refractivity contribution in [2.24, 2.45) is 23.7 Å². The molecule has 37 heavy (non-hydrogen) atoms. The van der Waals surface area contributed by atoms with E-state index >= 15 is 0 Å². The normalized spacial score (nSPS) is 44.0. The molecule has 0 bridgehead atoms. The quantitative estimate of drug-likeness (QED) is 0.405. The van der Waals surface area contributed by atoms with Crippen molar-refractivity contribution in [3.8, 4) is 0 Å². The van der Waals surface area contributed by atoms with Gasteiger partial charge in [-0.2, -0.15) is 0 Å². The van der Waals surface area contributed by atoms with Gasteiger partial charge in [0.1, 0.15) is 6.23 Å². The van der Waals surface area contributed by atoms with Crippen molar-refractivity contribution >= 4 is 9.24 Å². The van der Waals surface area contributed by atoms with E-state index in [1.165, 1.54) is 69.9 Å². The Morgan fingerprint density at radius 1 is 0.946 bits per heavy atom. The Kier molecular flexibility index (Phi) is 7.93. The number of nitrogens with zero attached hydrogens (tertiary/aromatic N) is 2. The van der Waals surface area contributed by atoms with Gasteiger partial charge in [0.05, 0.1) is 6.04 Å². The first kappa shape index (κ1) is 26.9. The molecule has 0 aromatic carbocycles. The number of halogens is 2. The molecule has 6 rings (SSSR count). The second-order valence-corrected chi connectivity index (χ2v) is 13.9. The molecule has 210 valence electrons. The van der Waals surface area contributed by atoms with Crippen LogP contribution >= 0.6 is 9.24 Å². The fraction of sp³-hybridized carbons (Fsp3) is 0.931. The maximum absolute atomic E-state index is 14.0. The van der Waals surface area contributed by atoms with E-state index in [0.29, 0.717) is 42.9 Å². The molecule has 6 fully saturated rings. The molecule has 8 unspecified atom stereocenters. The minimum Gasteiger partial charge on any atom is -0.378 e. The summed E-state index contributed by atoms with van der Waals surface area (Å²) in [5.74, 6) is 2.51. The molecule has 8 heteroatoms. The zero-order chi connectivity index (χ0) is 25.7. The SMILES string of the molecule is CC/C=C(/C1CCC(C(F)(F)P)NC1O)N1CCC2C3C(CCCCC31)NN2C1CCC(C2CC2)CC1. The van der Waals surface area contributed by atoms with E-state index in [-0.39, 0.29) is 5.92 Å². The summed E-state index contributed by atoms with van der Waals surface area (Å²) in [7, 11) is 1.65. The molecule has 3 heterocycles. The van der Waals surface area contributed by atoms with Crippen LogP contribution < -0.4 is 10.7 Å². The van der Waals surface area contributed by atoms with Crippen LogP contribution in [0.1, 0.15) is 96.8 Å². The fourth-order valence-corrected chi connectivity index (χ4v) is 9.24. The number of rotatable bonds is 6. The number of hydrogen-bond acceptors (Lipinski definition) is 5. The van der Waals surface area contributed by atoms with E-state index in [1.54, 1.807) is 9.24 Å². The number of allylic oxidation sites excluding steroid dienone is 1. The molecule has 8 atom stereocenters. The molecular weight excluding hydrogens is 489 g/mol. The molecule has 0 spiro atoms. The van der Waals surface area contributed by atoms with Gasteiger partial charge < -0.3 is 10.0 Å². The predicted octanol–water partition coefficient (Wildman–Crippen LogP) is 5.23. The summed E-state index contributed by atoms with van der Waals surface area (Å²) in [6.45, 7) is 3.16. The van der Waals surface area contributed by atoms with Crippen molar-refractivity contribution in [3.05, 3.63) is 11.8 Å². The van der Waals surface area contributed by atoms with Crippen LogP contribution in [-0.4, -0.2) is 63.7 Å². The number of alkyl halides is 2. The average molecular weight is 539 g/mol. The minimum atomic E-state index is -2.90. The highest BCUT2D eigenvalue weighted by Gasteiger charge is 2.53. The van der Waals surface area contributed by atoms with Gasteiger partial charge in [-0.05, 0) is 88.9 Å². The van der Waals surface area contributed by atoms with Gasteiger partial charge in [0.2, 0.25) is 0 Å². The van der Waals surface area contributed by atoms with Gasteiger partial charge in [0.15, 0.2) is 0 Å². The van der Waals surface area contributed by atoms with Crippen LogP contribution in [0.3, 0.4) is 0 Å². The first-order valence-electron chi connectivity index (χ1n) is 15.5. The number of aliphatic hydroxyl groups is 1. The lowest BCUT2D eigenvalue weighted by Crippen LogP contribution is -2.58. The second kappa shape index (κ2) is 10.9. The highest BCUT2D eigenvalue weighted by molar-refractivity contribution is 7.18. The first-order valence-corrected chi connectivity index (χ1v) is 16.0. The standard InChI is InChI=1S/C29H49F2N4OP/c1-2-5-23(21-14-15-26(29(30,31)37)32-28(21)36)34-17-16-25-27-22(6-3-4-7-24(27)34)33-35(25)20-12-10-19(11-13-20)18-8-9-18/h5,18-22,24-28,32-33,36H,2-4,6-17,37H2,1H3/b23-5-. The molecule has 6 aliphatic rings. The number of aliphatic hydroxyl groups excluding tert-OH is 1. The molecule has 5 nitrogen and oxygen atoms in total. The number of hydrazine groups is 1. The molecule has 0 radical (unpaired) electrons. The summed E-state index contributed by atoms with van der Waals surface area (Å²) < 4.78 is 28.0. The lowest BCUT2D eigenvalue weighted by atomic mass is 9.77. The van der Waals surface area contributed by atoms with Gasteiger partial charge in [-0.3, -0.25) is 10.7 Å². The minimum absolute atomic E-state index is 0.120. The molecule has 0 amide bonds. The maximum atomic E-state index is 14.0. The molecule has 0 aromatic heterocycles. The summed E-state index contributed by atoms with van der Waals surface area (Å²) in [5.41, 5.74) is 2.39. The second-order valence-electron chi connectivity index (χ2n) is 13.1. The van der Waals surface area contributed by atoms with Crippen LogP contribution in [-0.2, 0) is 0 Å². The number of piperidine rings is 2. The molecule has 3 saturated carbocycles. The Hall–Kier alpha value is -0.330. The molecule has 3 aliphatic carbocycles. The average Bonchev–Trinajstić information content (AvgIpc) is 3.69. The van der Waals surface area contributed by atoms with E-state index in [9.17, 15) is 13.9 Å². The Balaban J connectivity index is 1.19. The fourth-order valence-electron chi connectivity index (χ4n) is 8.98. The third-order valence-electron chi connectivity index (χ3n) is 10.9. The van der Waals surface area contributed by atoms with Crippen LogP contribution in [0, 0.1) is 23.7 Å². The summed E-state index contributed by atoms with van der Waals surface area (Å²) in [6.07, 6.45) is 17.8. The van der Waals surface area contributed by atoms with Crippen LogP contribution in [0.15, 0.2) is 11.8 Å². The summed E-state index contributed by atoms with van der Waals surface area (Å²) in [4.78, 5) is 2.63. The van der Waals surface area contributed by atoms with Crippen molar-refractivity contribution in [1.82, 2.24) is 20.7 Å². The van der Waals surface area contributed by atoms with E-state index in [0.717, 1.165) is 31.2 Å². The Morgan fingerprint density at radius 2 is 1.65 bits per heavy atom. The van der Waals surface area contributed by atoms with E-state index in [4.69, 9.17) is 0 Å². The summed E-state index contributed by atoms with van der Waals surface area (Å²) in [5, 5.41) is 16.6. The number of hydrogen-bond donors (Lipinski definition) is 3. The third kappa shape index (κ3) is 5.38. The van der Waals surface area contributed by atoms with Crippen molar-refractivity contribution in [2.75, 3.05) is 6.54 Å². The highest BCUT2D eigenvalue weighted by Crippen LogP contribution is 2.48. The highest BCUT2D eigenvalue weighted by atomic mass is 31.0. The Morgan fingerprint density at radius 3 is 2.30 bits per heavy atom. The Labute approximate surface area is 224 Å². The monoisotopic (exact) mass is 538 g/mol. The summed E-state index contributed by atoms with van der Waals surface area (Å²) >= 11 is 0. The van der Waals surface area contributed by atoms with Gasteiger partial charge >= 0.3 is 0 Å². The van der Waals surface area contributed by atoms with Gasteiger partial charge in [0, 0.05) is 48.2 Å². The lowest BCUT2D eigenvalue weighted by Gasteiger charge is -2.50. The van der Waals surface area contributed by atoms with E-state index in [2.05, 4.69) is 33.7 Å². The Bertz CT molecular complexity index is 827. The van der Waals surface area contributed by atoms with Crippen LogP contribution in [0.25, 0.3) is 0 Å². The summed E-state index contributed by atoms with van der Waals surface area (Å²) in [6, 6.07) is 1.31. The predicted molar refractivity (Wildman–Crippen MR) is 147 cm³/mol. The maximum Gasteiger partial charge on any atom is 0.273 e. The van der Waals surface area contributed by atoms with Gasteiger partial charge in [0.25, 0.3) is 5.66 Å². The van der Waals surface area contributed by atoms with E-state index < -0.39 is 17.9 Å². The van der Waals surface area contributed by atoms with E-state index in [1.807, 2.05) is 0 Å². The number of likely N-dealkylation sites (tertiary alicyclic amines) is 1. The molecule has 0 aromatic rings. The number of nitrogens with one attached hydrogen (secondary N) is 2. The zero-order valence-corrected chi connectivity index (χ0v) is 23.8. The molecule has 3 saturated heterocycles. The smallest absolute Gasteiger partial charge is 0.273 e. The van der Waals surface area contributed by atoms with Crippen LogP contribution in [0.2, 0.25) is 0 Å². The van der Waals surface area contributed by atoms with Gasteiger partial charge in [-0.15, -0.1) is 0 Å². The topological polar surface area (TPSA) is 50.8 Å². The van der Waals surface area contributed by atoms with Crippen molar-refractivity contribution < 1.29 is 13.9 Å². The zero-order valence-electron chi connectivity index (χ0n) is 22.6. The molecular formula is C29H49F2N4OP. The van der Waals surface area contributed by atoms with Crippen molar-refractivity contribution in [1.29, 1.82) is 0 Å². The largest absolute Gasteiger partial charge is 0.378 e. The van der Waals surface area contributed by atoms with Crippen LogP contribution in [0.5, 0.6) is 0 Å². The van der Waals surface area contributed by atoms with Crippen molar-refractivity contribution in [2.45, 2.75) is 139 Å². The van der Waals surface area contributed by atoms with Crippen LogP contribution in [0.4, 0.5) is 8.78 Å².